The van der Waals surface area contributed by atoms with Crippen LogP contribution in [-0.4, -0.2) is 28.2 Å². The maximum atomic E-state index is 11.8. The summed E-state index contributed by atoms with van der Waals surface area (Å²) in [6.45, 7) is 5.18. The monoisotopic (exact) mass is 307 g/mol. The summed E-state index contributed by atoms with van der Waals surface area (Å²) >= 11 is 1.03. The van der Waals surface area contributed by atoms with Gasteiger partial charge in [0.25, 0.3) is 5.91 Å². The molecule has 108 valence electrons. The molecule has 0 aliphatic rings. The molecular weight excluding hydrogens is 289 g/mol. The van der Waals surface area contributed by atoms with Crippen molar-refractivity contribution < 1.29 is 18.8 Å². The van der Waals surface area contributed by atoms with Crippen LogP contribution in [0, 0.1) is 6.92 Å². The largest absolute Gasteiger partial charge is 0.375 e. The minimum absolute atomic E-state index is 0.283. The summed E-state index contributed by atoms with van der Waals surface area (Å²) in [6, 6.07) is 0. The van der Waals surface area contributed by atoms with Gasteiger partial charge in [0.15, 0.2) is 5.13 Å². The second-order valence-electron chi connectivity index (χ2n) is 4.09. The molecule has 9 heteroatoms. The number of nitrogens with two attached hydrogens (primary N) is 1. The first-order valence-electron chi connectivity index (χ1n) is 5.76. The summed E-state index contributed by atoms with van der Waals surface area (Å²) in [5, 5.41) is 2.64. The van der Waals surface area contributed by atoms with Crippen molar-refractivity contribution in [2.24, 2.45) is 0 Å². The van der Waals surface area contributed by atoms with E-state index in [1.807, 2.05) is 6.92 Å². The van der Waals surface area contributed by atoms with Gasteiger partial charge < -0.3 is 20.5 Å². The standard InChI is InChI=1S/C10H18N3O4PS/c1-4-6(2)17-18(15,16)5-12-9(14)8-7(3)13-10(11)19-8/h6H,4-5H2,1-3H3,(H2,11,13)(H,12,14)(H,15,16). The van der Waals surface area contributed by atoms with Crippen LogP contribution in [-0.2, 0) is 9.09 Å². The van der Waals surface area contributed by atoms with Crippen LogP contribution in [0.15, 0.2) is 0 Å². The first-order chi connectivity index (χ1) is 8.75. The molecule has 1 rings (SSSR count). The molecule has 0 aliphatic carbocycles. The van der Waals surface area contributed by atoms with E-state index in [9.17, 15) is 14.3 Å². The zero-order valence-electron chi connectivity index (χ0n) is 11.0. The Kier molecular flexibility index (Phi) is 5.49. The molecule has 1 heterocycles. The number of amides is 1. The number of hydrogen-bond donors (Lipinski definition) is 3. The lowest BCUT2D eigenvalue weighted by atomic mass is 10.3. The van der Waals surface area contributed by atoms with Crippen molar-refractivity contribution in [1.29, 1.82) is 0 Å². The minimum atomic E-state index is -3.83. The average molecular weight is 307 g/mol. The van der Waals surface area contributed by atoms with E-state index in [2.05, 4.69) is 10.3 Å². The SMILES string of the molecule is CCC(C)OP(=O)(O)CNC(=O)c1sc(N)nc1C. The van der Waals surface area contributed by atoms with Crippen molar-refractivity contribution in [2.75, 3.05) is 12.0 Å². The fraction of sp³-hybridized carbons (Fsp3) is 0.600. The Morgan fingerprint density at radius 2 is 2.32 bits per heavy atom. The highest BCUT2D eigenvalue weighted by Crippen LogP contribution is 2.42. The lowest BCUT2D eigenvalue weighted by Gasteiger charge is -2.16. The predicted molar refractivity (Wildman–Crippen MR) is 74.3 cm³/mol. The molecule has 0 aliphatic heterocycles. The van der Waals surface area contributed by atoms with Crippen molar-refractivity contribution in [1.82, 2.24) is 10.3 Å². The van der Waals surface area contributed by atoms with Crippen LogP contribution in [0.25, 0.3) is 0 Å². The molecule has 2 atom stereocenters. The predicted octanol–water partition coefficient (Wildman–Crippen LogP) is 1.72. The zero-order chi connectivity index (χ0) is 14.6. The van der Waals surface area contributed by atoms with Gasteiger partial charge in [0.1, 0.15) is 11.2 Å². The number of carbonyl (C=O) groups is 1. The van der Waals surface area contributed by atoms with Crippen LogP contribution >= 0.6 is 18.9 Å². The van der Waals surface area contributed by atoms with Gasteiger partial charge in [-0.1, -0.05) is 18.3 Å². The summed E-state index contributed by atoms with van der Waals surface area (Å²) in [6.07, 6.45) is -0.162. The molecule has 0 bridgehead atoms. The van der Waals surface area contributed by atoms with Gasteiger partial charge in [-0.15, -0.1) is 0 Å². The number of nitrogens with one attached hydrogen (secondary N) is 1. The molecule has 4 N–H and O–H groups in total. The molecule has 7 nitrogen and oxygen atoms in total. The van der Waals surface area contributed by atoms with E-state index < -0.39 is 19.8 Å². The fourth-order valence-corrected chi connectivity index (χ4v) is 3.15. The number of nitrogens with zero attached hydrogens (tertiary/aromatic N) is 1. The van der Waals surface area contributed by atoms with Crippen LogP contribution < -0.4 is 11.1 Å². The minimum Gasteiger partial charge on any atom is -0.375 e. The molecule has 0 aromatic carbocycles. The maximum Gasteiger partial charge on any atom is 0.347 e. The van der Waals surface area contributed by atoms with E-state index in [0.717, 1.165) is 11.3 Å². The zero-order valence-corrected chi connectivity index (χ0v) is 12.8. The number of anilines is 1. The molecule has 0 fully saturated rings. The number of hydrogen-bond acceptors (Lipinski definition) is 6. The Labute approximate surface area is 115 Å². The number of aryl methyl sites for hydroxylation is 1. The molecule has 1 aromatic rings. The fourth-order valence-electron chi connectivity index (χ4n) is 1.27. The smallest absolute Gasteiger partial charge is 0.347 e. The number of carbonyl (C=O) groups excluding carboxylic acids is 1. The highest BCUT2D eigenvalue weighted by molar-refractivity contribution is 7.52. The van der Waals surface area contributed by atoms with Crippen molar-refractivity contribution in [3.05, 3.63) is 10.6 Å². The van der Waals surface area contributed by atoms with Gasteiger partial charge in [0, 0.05) is 0 Å². The topological polar surface area (TPSA) is 115 Å². The van der Waals surface area contributed by atoms with Gasteiger partial charge >= 0.3 is 7.60 Å². The molecule has 0 spiro atoms. The lowest BCUT2D eigenvalue weighted by molar-refractivity contribution is 0.0956. The normalized spacial score (nSPS) is 15.8. The summed E-state index contributed by atoms with van der Waals surface area (Å²) in [5.41, 5.74) is 5.98. The summed E-state index contributed by atoms with van der Waals surface area (Å²) in [7, 11) is -3.83. The van der Waals surface area contributed by atoms with Crippen LogP contribution in [0.1, 0.15) is 35.6 Å². The van der Waals surface area contributed by atoms with Crippen LogP contribution in [0.2, 0.25) is 0 Å². The van der Waals surface area contributed by atoms with Gasteiger partial charge in [0.2, 0.25) is 0 Å². The van der Waals surface area contributed by atoms with Crippen molar-refractivity contribution in [2.45, 2.75) is 33.3 Å². The average Bonchev–Trinajstić information content (AvgIpc) is 2.65. The van der Waals surface area contributed by atoms with E-state index >= 15 is 0 Å². The highest BCUT2D eigenvalue weighted by atomic mass is 32.1. The molecular formula is C10H18N3O4PS. The third-order valence-corrected chi connectivity index (χ3v) is 4.61. The van der Waals surface area contributed by atoms with E-state index in [1.165, 1.54) is 0 Å². The van der Waals surface area contributed by atoms with Gasteiger partial charge in [-0.05, 0) is 20.3 Å². The van der Waals surface area contributed by atoms with E-state index in [0.29, 0.717) is 17.0 Å². The summed E-state index contributed by atoms with van der Waals surface area (Å²) < 4.78 is 16.7. The summed E-state index contributed by atoms with van der Waals surface area (Å²) in [5.74, 6) is -0.478. The van der Waals surface area contributed by atoms with Crippen LogP contribution in [0.4, 0.5) is 5.13 Å². The number of thiazole rings is 1. The Bertz CT molecular complexity index is 505. The van der Waals surface area contributed by atoms with Crippen molar-refractivity contribution in [3.63, 3.8) is 0 Å². The first kappa shape index (κ1) is 16.1. The first-order valence-corrected chi connectivity index (χ1v) is 8.34. The van der Waals surface area contributed by atoms with Crippen molar-refractivity contribution in [3.8, 4) is 0 Å². The molecule has 1 amide bonds. The second-order valence-corrected chi connectivity index (χ2v) is 6.92. The van der Waals surface area contributed by atoms with Crippen molar-refractivity contribution >= 4 is 30.0 Å². The maximum absolute atomic E-state index is 11.8. The third kappa shape index (κ3) is 4.91. The number of nitrogen functional groups attached to an aromatic ring is 1. The van der Waals surface area contributed by atoms with E-state index in [4.69, 9.17) is 10.3 Å². The third-order valence-electron chi connectivity index (χ3n) is 2.38. The molecule has 19 heavy (non-hydrogen) atoms. The molecule has 2 unspecified atom stereocenters. The second kappa shape index (κ2) is 6.47. The molecule has 0 radical (unpaired) electrons. The number of aromatic nitrogens is 1. The molecule has 0 saturated heterocycles. The van der Waals surface area contributed by atoms with Gasteiger partial charge in [-0.2, -0.15) is 0 Å². The van der Waals surface area contributed by atoms with Crippen LogP contribution in [0.5, 0.6) is 0 Å². The Morgan fingerprint density at radius 1 is 1.68 bits per heavy atom. The van der Waals surface area contributed by atoms with Gasteiger partial charge in [0.05, 0.1) is 11.8 Å². The highest BCUT2D eigenvalue weighted by Gasteiger charge is 2.24. The Hall–Kier alpha value is -0.950. The lowest BCUT2D eigenvalue weighted by Crippen LogP contribution is -2.25. The Morgan fingerprint density at radius 3 is 2.79 bits per heavy atom. The van der Waals surface area contributed by atoms with Crippen LogP contribution in [0.3, 0.4) is 0 Å². The Balaban J connectivity index is 2.59. The quantitative estimate of drug-likeness (QED) is 0.689. The summed E-state index contributed by atoms with van der Waals surface area (Å²) in [4.78, 5) is 25.6. The van der Waals surface area contributed by atoms with E-state index in [-0.39, 0.29) is 11.2 Å². The number of rotatable bonds is 6. The molecule has 0 saturated carbocycles. The van der Waals surface area contributed by atoms with Gasteiger partial charge in [-0.3, -0.25) is 9.36 Å². The van der Waals surface area contributed by atoms with Gasteiger partial charge in [-0.25, -0.2) is 4.98 Å². The van der Waals surface area contributed by atoms with E-state index in [1.54, 1.807) is 13.8 Å². The molecule has 1 aromatic heterocycles.